The number of halogens is 1. The number of carbonyl (C=O) groups excluding carboxylic acids is 1. The maximum atomic E-state index is 13.2. The van der Waals surface area contributed by atoms with Crippen LogP contribution in [0.2, 0.25) is 0 Å². The van der Waals surface area contributed by atoms with Gasteiger partial charge in [0.25, 0.3) is 5.91 Å². The van der Waals surface area contributed by atoms with Gasteiger partial charge in [-0.2, -0.15) is 11.8 Å². The summed E-state index contributed by atoms with van der Waals surface area (Å²) in [5, 5.41) is 2.75. The van der Waals surface area contributed by atoms with E-state index in [0.29, 0.717) is 16.9 Å². The van der Waals surface area contributed by atoms with Crippen molar-refractivity contribution in [2.24, 2.45) is 0 Å². The molecule has 0 bridgehead atoms. The van der Waals surface area contributed by atoms with Gasteiger partial charge in [-0.25, -0.2) is 9.37 Å². The number of rotatable bonds is 2. The molecule has 0 unspecified atom stereocenters. The van der Waals surface area contributed by atoms with Gasteiger partial charge in [-0.1, -0.05) is 0 Å². The maximum Gasteiger partial charge on any atom is 0.275 e. The Hall–Kier alpha value is -1.82. The number of benzene rings is 1. The van der Waals surface area contributed by atoms with E-state index in [4.69, 9.17) is 0 Å². The molecule has 0 aliphatic carbocycles. The van der Waals surface area contributed by atoms with Crippen molar-refractivity contribution in [3.63, 3.8) is 0 Å². The molecule has 2 heterocycles. The second-order valence-electron chi connectivity index (χ2n) is 4.71. The summed E-state index contributed by atoms with van der Waals surface area (Å²) < 4.78 is 15.2. The fraction of sp³-hybridized carbons (Fsp3) is 0.286. The molecule has 6 heteroatoms. The highest BCUT2D eigenvalue weighted by Gasteiger charge is 2.17. The molecule has 1 amide bonds. The lowest BCUT2D eigenvalue weighted by Gasteiger charge is -2.11. The predicted molar refractivity (Wildman–Crippen MR) is 77.5 cm³/mol. The number of fused-ring (bicyclic) bond motifs is 1. The molecule has 1 N–H and O–H groups in total. The van der Waals surface area contributed by atoms with Gasteiger partial charge in [0, 0.05) is 24.2 Å². The highest BCUT2D eigenvalue weighted by molar-refractivity contribution is 7.98. The van der Waals surface area contributed by atoms with Crippen LogP contribution < -0.4 is 5.32 Å². The Labute approximate surface area is 120 Å². The fourth-order valence-corrected chi connectivity index (χ4v) is 3.00. The Morgan fingerprint density at radius 1 is 1.50 bits per heavy atom. The van der Waals surface area contributed by atoms with E-state index in [1.807, 2.05) is 16.3 Å². The topological polar surface area (TPSA) is 46.9 Å². The van der Waals surface area contributed by atoms with Crippen molar-refractivity contribution in [3.05, 3.63) is 47.3 Å². The predicted octanol–water partition coefficient (Wildman–Crippen LogP) is 2.83. The van der Waals surface area contributed by atoms with Gasteiger partial charge in [0.05, 0.1) is 5.75 Å². The van der Waals surface area contributed by atoms with Gasteiger partial charge in [0.2, 0.25) is 0 Å². The van der Waals surface area contributed by atoms with Crippen LogP contribution in [0, 0.1) is 12.7 Å². The van der Waals surface area contributed by atoms with E-state index in [9.17, 15) is 9.18 Å². The Morgan fingerprint density at radius 3 is 3.10 bits per heavy atom. The number of imidazole rings is 1. The van der Waals surface area contributed by atoms with Crippen molar-refractivity contribution in [2.45, 2.75) is 19.2 Å². The summed E-state index contributed by atoms with van der Waals surface area (Å²) in [5.41, 5.74) is 1.49. The Morgan fingerprint density at radius 2 is 2.35 bits per heavy atom. The van der Waals surface area contributed by atoms with Gasteiger partial charge < -0.3 is 9.88 Å². The van der Waals surface area contributed by atoms with Crippen molar-refractivity contribution in [2.75, 3.05) is 11.1 Å². The lowest BCUT2D eigenvalue weighted by atomic mass is 10.2. The molecular weight excluding hydrogens is 277 g/mol. The number of hydrogen-bond donors (Lipinski definition) is 1. The van der Waals surface area contributed by atoms with Crippen molar-refractivity contribution >= 4 is 23.4 Å². The molecule has 1 aliphatic rings. The Kier molecular flexibility index (Phi) is 3.48. The molecule has 0 saturated heterocycles. The summed E-state index contributed by atoms with van der Waals surface area (Å²) in [7, 11) is 0. The van der Waals surface area contributed by atoms with Gasteiger partial charge in [0.15, 0.2) is 0 Å². The molecule has 0 radical (unpaired) electrons. The number of nitrogens with one attached hydrogen (secondary N) is 1. The van der Waals surface area contributed by atoms with Crippen LogP contribution in [0.5, 0.6) is 0 Å². The van der Waals surface area contributed by atoms with Gasteiger partial charge in [-0.05, 0) is 30.7 Å². The molecular formula is C14H14FN3OS. The molecule has 0 fully saturated rings. The molecule has 3 rings (SSSR count). The minimum Gasteiger partial charge on any atom is -0.333 e. The van der Waals surface area contributed by atoms with Crippen LogP contribution in [0.3, 0.4) is 0 Å². The van der Waals surface area contributed by atoms with Crippen molar-refractivity contribution in [1.29, 1.82) is 0 Å². The molecule has 1 aliphatic heterocycles. The molecule has 0 atom stereocenters. The van der Waals surface area contributed by atoms with Crippen LogP contribution in [0.15, 0.2) is 24.4 Å². The van der Waals surface area contributed by atoms with Crippen LogP contribution in [-0.4, -0.2) is 21.2 Å². The van der Waals surface area contributed by atoms with Crippen molar-refractivity contribution in [3.8, 4) is 0 Å². The highest BCUT2D eigenvalue weighted by atomic mass is 32.2. The zero-order valence-electron chi connectivity index (χ0n) is 11.0. The third-order valence-electron chi connectivity index (χ3n) is 3.22. The third kappa shape index (κ3) is 2.56. The largest absolute Gasteiger partial charge is 0.333 e. The fourth-order valence-electron chi connectivity index (χ4n) is 2.12. The van der Waals surface area contributed by atoms with E-state index in [0.717, 1.165) is 23.9 Å². The zero-order valence-corrected chi connectivity index (χ0v) is 11.8. The van der Waals surface area contributed by atoms with Crippen LogP contribution in [-0.2, 0) is 12.3 Å². The summed E-state index contributed by atoms with van der Waals surface area (Å²) in [6, 6.07) is 4.50. The van der Waals surface area contributed by atoms with E-state index in [-0.39, 0.29) is 11.7 Å². The number of hydrogen-bond acceptors (Lipinski definition) is 3. The molecule has 4 nitrogen and oxygen atoms in total. The first kappa shape index (κ1) is 13.2. The SMILES string of the molecule is Cc1cc(NC(=O)c2cn3c(n2)CSCC3)ccc1F. The molecule has 0 spiro atoms. The third-order valence-corrected chi connectivity index (χ3v) is 4.15. The second kappa shape index (κ2) is 5.28. The van der Waals surface area contributed by atoms with E-state index in [1.54, 1.807) is 25.3 Å². The molecule has 1 aromatic carbocycles. The number of anilines is 1. The van der Waals surface area contributed by atoms with Crippen molar-refractivity contribution in [1.82, 2.24) is 9.55 Å². The van der Waals surface area contributed by atoms with Gasteiger partial charge in [0.1, 0.15) is 17.3 Å². The number of amides is 1. The van der Waals surface area contributed by atoms with Crippen LogP contribution in [0.4, 0.5) is 10.1 Å². The molecule has 104 valence electrons. The van der Waals surface area contributed by atoms with E-state index in [1.165, 1.54) is 6.07 Å². The number of nitrogens with zero attached hydrogens (tertiary/aromatic N) is 2. The van der Waals surface area contributed by atoms with Crippen LogP contribution >= 0.6 is 11.8 Å². The van der Waals surface area contributed by atoms with Gasteiger partial charge in [-0.3, -0.25) is 4.79 Å². The second-order valence-corrected chi connectivity index (χ2v) is 5.81. The average Bonchev–Trinajstić information content (AvgIpc) is 2.87. The summed E-state index contributed by atoms with van der Waals surface area (Å²) in [4.78, 5) is 16.5. The smallest absolute Gasteiger partial charge is 0.275 e. The van der Waals surface area contributed by atoms with Crippen LogP contribution in [0.25, 0.3) is 0 Å². The zero-order chi connectivity index (χ0) is 14.1. The molecule has 0 saturated carbocycles. The summed E-state index contributed by atoms with van der Waals surface area (Å²) in [6.07, 6.45) is 1.78. The summed E-state index contributed by atoms with van der Waals surface area (Å²) in [5.74, 6) is 2.27. The number of thioether (sulfide) groups is 1. The summed E-state index contributed by atoms with van der Waals surface area (Å²) >= 11 is 1.81. The Balaban J connectivity index is 1.78. The Bertz CT molecular complexity index is 645. The number of carbonyl (C=O) groups is 1. The first-order valence-electron chi connectivity index (χ1n) is 6.35. The van der Waals surface area contributed by atoms with E-state index < -0.39 is 0 Å². The van der Waals surface area contributed by atoms with Gasteiger partial charge >= 0.3 is 0 Å². The number of aromatic nitrogens is 2. The minimum absolute atomic E-state index is 0.261. The lowest BCUT2D eigenvalue weighted by molar-refractivity contribution is 0.102. The highest BCUT2D eigenvalue weighted by Crippen LogP contribution is 2.20. The quantitative estimate of drug-likeness (QED) is 0.925. The minimum atomic E-state index is -0.280. The van der Waals surface area contributed by atoms with E-state index >= 15 is 0 Å². The molecule has 1 aromatic heterocycles. The van der Waals surface area contributed by atoms with Crippen molar-refractivity contribution < 1.29 is 9.18 Å². The van der Waals surface area contributed by atoms with Gasteiger partial charge in [-0.15, -0.1) is 0 Å². The first-order chi connectivity index (χ1) is 9.63. The maximum absolute atomic E-state index is 13.2. The average molecular weight is 291 g/mol. The van der Waals surface area contributed by atoms with E-state index in [2.05, 4.69) is 10.3 Å². The molecule has 20 heavy (non-hydrogen) atoms. The molecule has 2 aromatic rings. The lowest BCUT2D eigenvalue weighted by Crippen LogP contribution is -2.12. The number of aryl methyl sites for hydroxylation is 2. The monoisotopic (exact) mass is 291 g/mol. The standard InChI is InChI=1S/C14H14FN3OS/c1-9-6-10(2-3-11(9)15)16-14(19)12-7-18-4-5-20-8-13(18)17-12/h2-3,6-7H,4-5,8H2,1H3,(H,16,19). The first-order valence-corrected chi connectivity index (χ1v) is 7.50. The summed E-state index contributed by atoms with van der Waals surface area (Å²) in [6.45, 7) is 2.55. The van der Waals surface area contributed by atoms with Crippen LogP contribution in [0.1, 0.15) is 21.9 Å². The normalized spacial score (nSPS) is 13.9.